The number of sulfone groups is 1. The Balaban J connectivity index is 2.00. The van der Waals surface area contributed by atoms with Gasteiger partial charge in [-0.3, -0.25) is 14.4 Å². The molecular weight excluding hydrogens is 428 g/mol. The quantitative estimate of drug-likeness (QED) is 0.721. The molecule has 1 saturated carbocycles. The van der Waals surface area contributed by atoms with Crippen LogP contribution in [0, 0.1) is 5.92 Å². The van der Waals surface area contributed by atoms with E-state index in [0.29, 0.717) is 12.5 Å². The van der Waals surface area contributed by atoms with Crippen LogP contribution >= 0.6 is 0 Å². The van der Waals surface area contributed by atoms with Gasteiger partial charge in [0, 0.05) is 18.5 Å². The van der Waals surface area contributed by atoms with Crippen LogP contribution in [-0.2, 0) is 34.0 Å². The predicted molar refractivity (Wildman–Crippen MR) is 125 cm³/mol. The van der Waals surface area contributed by atoms with Crippen molar-refractivity contribution in [3.8, 4) is 0 Å². The van der Waals surface area contributed by atoms with Crippen molar-refractivity contribution in [2.24, 2.45) is 5.92 Å². The maximum absolute atomic E-state index is 13.5. The van der Waals surface area contributed by atoms with Crippen LogP contribution in [0.5, 0.6) is 0 Å². The van der Waals surface area contributed by atoms with Crippen molar-refractivity contribution in [1.29, 1.82) is 0 Å². The summed E-state index contributed by atoms with van der Waals surface area (Å²) in [4.78, 5) is 38.9. The van der Waals surface area contributed by atoms with Crippen LogP contribution in [0.4, 0.5) is 0 Å². The van der Waals surface area contributed by atoms with Crippen molar-refractivity contribution in [1.82, 2.24) is 9.88 Å². The third-order valence-corrected chi connectivity index (χ3v) is 7.97. The van der Waals surface area contributed by atoms with Gasteiger partial charge in [0.15, 0.2) is 0 Å². The fourth-order valence-electron chi connectivity index (χ4n) is 5.08. The van der Waals surface area contributed by atoms with Crippen molar-refractivity contribution in [2.45, 2.75) is 96.6 Å². The molecule has 0 aliphatic heterocycles. The number of aryl methyl sites for hydroxylation is 1. The molecule has 0 radical (unpaired) electrons. The molecule has 1 heterocycles. The molecule has 0 unspecified atom stereocenters. The van der Waals surface area contributed by atoms with E-state index in [1.54, 1.807) is 6.07 Å². The average molecular weight is 465 g/mol. The van der Waals surface area contributed by atoms with Crippen LogP contribution in [-0.4, -0.2) is 35.8 Å². The van der Waals surface area contributed by atoms with E-state index in [0.717, 1.165) is 68.9 Å². The lowest BCUT2D eigenvalue weighted by Crippen LogP contribution is -2.53. The first-order valence-electron chi connectivity index (χ1n) is 11.8. The van der Waals surface area contributed by atoms with Gasteiger partial charge in [0.05, 0.1) is 0 Å². The maximum atomic E-state index is 13.5. The lowest BCUT2D eigenvalue weighted by atomic mass is 9.88. The van der Waals surface area contributed by atoms with Crippen LogP contribution in [0.2, 0.25) is 0 Å². The van der Waals surface area contributed by atoms with Gasteiger partial charge in [0.1, 0.15) is 11.1 Å². The van der Waals surface area contributed by atoms with Gasteiger partial charge < -0.3 is 9.88 Å². The van der Waals surface area contributed by atoms with Gasteiger partial charge in [0.2, 0.25) is 9.84 Å². The lowest BCUT2D eigenvalue weighted by Gasteiger charge is -2.27. The largest absolute Gasteiger partial charge is 0.339 e. The molecular formula is C24H36N2O5S. The molecule has 178 valence electrons. The molecule has 1 aromatic heterocycles. The van der Waals surface area contributed by atoms with Gasteiger partial charge in [0.25, 0.3) is 16.6 Å². The third-order valence-electron chi connectivity index (χ3n) is 6.78. The average Bonchev–Trinajstić information content (AvgIpc) is 2.70. The maximum Gasteiger partial charge on any atom is 0.270 e. The predicted octanol–water partition coefficient (Wildman–Crippen LogP) is 3.17. The molecule has 1 fully saturated rings. The number of amides is 1. The standard InChI is InChI=1S/C24H36N2O5S/c1-24(2,23(29)32(3,30)31)25-21(27)19-15-18-13-9-4-5-10-14-20(18)26(22(19)28)16-17-11-7-6-8-12-17/h15,17H,4-14,16H2,1-3H3,(H,25,27). The first-order chi connectivity index (χ1) is 15.0. The summed E-state index contributed by atoms with van der Waals surface area (Å²) in [5.74, 6) is -0.267. The van der Waals surface area contributed by atoms with Crippen molar-refractivity contribution < 1.29 is 18.0 Å². The fourth-order valence-corrected chi connectivity index (χ4v) is 6.06. The zero-order chi connectivity index (χ0) is 23.5. The Bertz CT molecular complexity index is 1030. The molecule has 0 spiro atoms. The lowest BCUT2D eigenvalue weighted by molar-refractivity contribution is -0.116. The number of carbonyl (C=O) groups is 2. The topological polar surface area (TPSA) is 102 Å². The summed E-state index contributed by atoms with van der Waals surface area (Å²) in [5.41, 5.74) is 0.0978. The van der Waals surface area contributed by atoms with E-state index >= 15 is 0 Å². The SMILES string of the molecule is CC(C)(NC(=O)c1cc2c(n(CC3CCCCC3)c1=O)CCCCCC2)C(=O)S(C)(=O)=O. The van der Waals surface area contributed by atoms with E-state index in [4.69, 9.17) is 0 Å². The first kappa shape index (κ1) is 24.7. The number of nitrogens with zero attached hydrogens (tertiary/aromatic N) is 1. The summed E-state index contributed by atoms with van der Waals surface area (Å²) in [6.45, 7) is 3.32. The van der Waals surface area contributed by atoms with Crippen molar-refractivity contribution in [3.63, 3.8) is 0 Å². The Kier molecular flexibility index (Phi) is 7.63. The molecule has 0 bridgehead atoms. The van der Waals surface area contributed by atoms with Crippen LogP contribution in [0.15, 0.2) is 10.9 Å². The number of carbonyl (C=O) groups excluding carboxylic acids is 2. The van der Waals surface area contributed by atoms with Crippen LogP contribution in [0.3, 0.4) is 0 Å². The Labute approximate surface area is 190 Å². The highest BCUT2D eigenvalue weighted by atomic mass is 32.2. The monoisotopic (exact) mass is 464 g/mol. The zero-order valence-electron chi connectivity index (χ0n) is 19.5. The molecule has 0 saturated heterocycles. The summed E-state index contributed by atoms with van der Waals surface area (Å²) < 4.78 is 25.3. The van der Waals surface area contributed by atoms with Crippen molar-refractivity contribution >= 4 is 20.9 Å². The number of hydrogen-bond acceptors (Lipinski definition) is 5. The van der Waals surface area contributed by atoms with Gasteiger partial charge in [-0.15, -0.1) is 0 Å². The highest BCUT2D eigenvalue weighted by molar-refractivity contribution is 8.05. The number of pyridine rings is 1. The van der Waals surface area contributed by atoms with Crippen LogP contribution in [0.25, 0.3) is 0 Å². The van der Waals surface area contributed by atoms with E-state index in [9.17, 15) is 22.8 Å². The minimum absolute atomic E-state index is 0.00508. The van der Waals surface area contributed by atoms with Gasteiger partial charge >= 0.3 is 0 Å². The zero-order valence-corrected chi connectivity index (χ0v) is 20.4. The molecule has 0 aromatic carbocycles. The number of rotatable bonds is 5. The normalized spacial score (nSPS) is 18.3. The van der Waals surface area contributed by atoms with E-state index in [1.807, 2.05) is 4.57 Å². The summed E-state index contributed by atoms with van der Waals surface area (Å²) in [7, 11) is -3.99. The van der Waals surface area contributed by atoms with Crippen molar-refractivity contribution in [3.05, 3.63) is 33.2 Å². The minimum atomic E-state index is -3.99. The number of aromatic nitrogens is 1. The Morgan fingerprint density at radius 3 is 2.25 bits per heavy atom. The molecule has 3 rings (SSSR count). The van der Waals surface area contributed by atoms with Crippen LogP contribution in [0.1, 0.15) is 93.3 Å². The molecule has 2 aliphatic rings. The van der Waals surface area contributed by atoms with E-state index < -0.39 is 26.4 Å². The van der Waals surface area contributed by atoms with Gasteiger partial charge in [-0.1, -0.05) is 32.1 Å². The number of hydrogen-bond donors (Lipinski definition) is 1. The second-order valence-corrected chi connectivity index (χ2v) is 11.9. The van der Waals surface area contributed by atoms with Gasteiger partial charge in [-0.05, 0) is 69.9 Å². The highest BCUT2D eigenvalue weighted by Gasteiger charge is 2.37. The summed E-state index contributed by atoms with van der Waals surface area (Å²) in [5, 5.41) is 1.43. The summed E-state index contributed by atoms with van der Waals surface area (Å²) >= 11 is 0. The van der Waals surface area contributed by atoms with Crippen molar-refractivity contribution in [2.75, 3.05) is 6.26 Å². The molecule has 7 nitrogen and oxygen atoms in total. The highest BCUT2D eigenvalue weighted by Crippen LogP contribution is 2.27. The third kappa shape index (κ3) is 5.69. The molecule has 8 heteroatoms. The Hall–Kier alpha value is -1.96. The Morgan fingerprint density at radius 2 is 1.62 bits per heavy atom. The molecule has 32 heavy (non-hydrogen) atoms. The fraction of sp³-hybridized carbons (Fsp3) is 0.708. The van der Waals surface area contributed by atoms with Gasteiger partial charge in [-0.25, -0.2) is 8.42 Å². The number of fused-ring (bicyclic) bond motifs is 1. The second-order valence-electron chi connectivity index (χ2n) is 10.0. The molecule has 1 amide bonds. The number of nitrogens with one attached hydrogen (secondary N) is 1. The minimum Gasteiger partial charge on any atom is -0.339 e. The van der Waals surface area contributed by atoms with E-state index in [1.165, 1.54) is 33.1 Å². The summed E-state index contributed by atoms with van der Waals surface area (Å²) in [6.07, 6.45) is 12.5. The molecule has 0 atom stereocenters. The molecule has 2 aliphatic carbocycles. The van der Waals surface area contributed by atoms with Gasteiger partial charge in [-0.2, -0.15) is 0 Å². The second kappa shape index (κ2) is 9.89. The smallest absolute Gasteiger partial charge is 0.270 e. The van der Waals surface area contributed by atoms with E-state index in [-0.39, 0.29) is 11.1 Å². The summed E-state index contributed by atoms with van der Waals surface area (Å²) in [6, 6.07) is 1.68. The first-order valence-corrected chi connectivity index (χ1v) is 13.7. The van der Waals surface area contributed by atoms with E-state index in [2.05, 4.69) is 5.32 Å². The molecule has 1 N–H and O–H groups in total. The Morgan fingerprint density at radius 1 is 1.03 bits per heavy atom. The molecule has 1 aromatic rings. The van der Waals surface area contributed by atoms with Crippen LogP contribution < -0.4 is 10.9 Å².